The molecule has 0 saturated carbocycles. The van der Waals surface area contributed by atoms with E-state index in [1.807, 2.05) is 0 Å². The van der Waals surface area contributed by atoms with Crippen molar-refractivity contribution in [3.05, 3.63) is 15.6 Å². The van der Waals surface area contributed by atoms with Crippen molar-refractivity contribution >= 4 is 27.3 Å². The molecule has 12 heavy (non-hydrogen) atoms. The van der Waals surface area contributed by atoms with Gasteiger partial charge in [-0.15, -0.1) is 4.91 Å². The monoisotopic (exact) mass is 231 g/mol. The van der Waals surface area contributed by atoms with Crippen LogP contribution in [0.5, 0.6) is 5.88 Å². The smallest absolute Gasteiger partial charge is 0.229 e. The number of nitrogens with zero attached hydrogens (tertiary/aromatic N) is 2. The molecule has 1 aromatic heterocycles. The number of nitroso groups, excluding NO2 is 1. The third kappa shape index (κ3) is 1.38. The quantitative estimate of drug-likeness (QED) is 0.789. The van der Waals surface area contributed by atoms with E-state index in [9.17, 15) is 4.91 Å². The van der Waals surface area contributed by atoms with E-state index in [1.165, 1.54) is 13.3 Å². The summed E-state index contributed by atoms with van der Waals surface area (Å²) in [5.41, 5.74) is 5.84. The van der Waals surface area contributed by atoms with Gasteiger partial charge in [0.1, 0.15) is 4.47 Å². The minimum atomic E-state index is 0.0997. The second-order valence-corrected chi connectivity index (χ2v) is 2.76. The summed E-state index contributed by atoms with van der Waals surface area (Å²) in [5, 5.41) is 2.68. The van der Waals surface area contributed by atoms with Crippen molar-refractivity contribution in [3.63, 3.8) is 0 Å². The van der Waals surface area contributed by atoms with E-state index in [4.69, 9.17) is 10.5 Å². The molecule has 1 heterocycles. The first-order valence-corrected chi connectivity index (χ1v) is 3.81. The van der Waals surface area contributed by atoms with Crippen LogP contribution in [-0.2, 0) is 0 Å². The first kappa shape index (κ1) is 8.92. The standard InChI is InChI=1S/C6H6BrN3O2/c1-12-6-4(7)5(8)3(10-11)2-9-6/h2H,1H3,(H2,8,9). The van der Waals surface area contributed by atoms with Crippen molar-refractivity contribution in [1.29, 1.82) is 0 Å². The lowest BCUT2D eigenvalue weighted by Crippen LogP contribution is -1.94. The van der Waals surface area contributed by atoms with Crippen LogP contribution in [0.4, 0.5) is 11.4 Å². The number of rotatable bonds is 2. The van der Waals surface area contributed by atoms with Crippen LogP contribution in [0.1, 0.15) is 0 Å². The molecule has 0 atom stereocenters. The lowest BCUT2D eigenvalue weighted by atomic mass is 10.3. The summed E-state index contributed by atoms with van der Waals surface area (Å²) in [5.74, 6) is 0.333. The lowest BCUT2D eigenvalue weighted by molar-refractivity contribution is 0.395. The van der Waals surface area contributed by atoms with E-state index >= 15 is 0 Å². The SMILES string of the molecule is COc1ncc(N=O)c(N)c1Br. The fourth-order valence-corrected chi connectivity index (χ4v) is 1.16. The zero-order valence-corrected chi connectivity index (χ0v) is 7.83. The van der Waals surface area contributed by atoms with Crippen LogP contribution in [0.25, 0.3) is 0 Å². The van der Waals surface area contributed by atoms with Crippen molar-refractivity contribution in [1.82, 2.24) is 4.98 Å². The van der Waals surface area contributed by atoms with Gasteiger partial charge in [-0.05, 0) is 21.1 Å². The Labute approximate surface area is 77.0 Å². The Balaban J connectivity index is 3.29. The average Bonchev–Trinajstić information content (AvgIpc) is 2.10. The second kappa shape index (κ2) is 3.48. The maximum atomic E-state index is 10.1. The second-order valence-electron chi connectivity index (χ2n) is 1.97. The Bertz CT molecular complexity index is 316. The molecule has 0 fully saturated rings. The molecule has 1 rings (SSSR count). The van der Waals surface area contributed by atoms with E-state index in [0.29, 0.717) is 10.4 Å². The summed E-state index contributed by atoms with van der Waals surface area (Å²) in [4.78, 5) is 13.9. The third-order valence-electron chi connectivity index (χ3n) is 1.30. The van der Waals surface area contributed by atoms with Gasteiger partial charge in [0.05, 0.1) is 19.0 Å². The minimum absolute atomic E-state index is 0.0997. The van der Waals surface area contributed by atoms with Crippen LogP contribution in [0, 0.1) is 4.91 Å². The molecule has 0 amide bonds. The number of nitrogen functional groups attached to an aromatic ring is 1. The fourth-order valence-electron chi connectivity index (χ4n) is 0.689. The summed E-state index contributed by atoms with van der Waals surface area (Å²) in [6.07, 6.45) is 1.26. The predicted octanol–water partition coefficient (Wildman–Crippen LogP) is 1.83. The maximum Gasteiger partial charge on any atom is 0.229 e. The summed E-state index contributed by atoms with van der Waals surface area (Å²) in [7, 11) is 1.46. The highest BCUT2D eigenvalue weighted by Crippen LogP contribution is 2.34. The van der Waals surface area contributed by atoms with Crippen LogP contribution >= 0.6 is 15.9 Å². The average molecular weight is 232 g/mol. The molecule has 1 aromatic rings. The third-order valence-corrected chi connectivity index (χ3v) is 2.06. The van der Waals surface area contributed by atoms with Crippen molar-refractivity contribution in [2.45, 2.75) is 0 Å². The predicted molar refractivity (Wildman–Crippen MR) is 48.4 cm³/mol. The molecular formula is C6H6BrN3O2. The van der Waals surface area contributed by atoms with Gasteiger partial charge in [0.2, 0.25) is 5.88 Å². The van der Waals surface area contributed by atoms with Gasteiger partial charge in [-0.25, -0.2) is 4.98 Å². The first-order chi connectivity index (χ1) is 5.70. The molecule has 0 aromatic carbocycles. The van der Waals surface area contributed by atoms with E-state index in [2.05, 4.69) is 26.1 Å². The molecule has 6 heteroatoms. The summed E-state index contributed by atoms with van der Waals surface area (Å²) in [6.45, 7) is 0. The normalized spacial score (nSPS) is 9.50. The highest BCUT2D eigenvalue weighted by atomic mass is 79.9. The molecule has 5 nitrogen and oxygen atoms in total. The molecule has 64 valence electrons. The molecule has 0 aliphatic heterocycles. The Morgan fingerprint density at radius 1 is 1.75 bits per heavy atom. The number of anilines is 1. The van der Waals surface area contributed by atoms with Crippen LogP contribution in [-0.4, -0.2) is 12.1 Å². The number of halogens is 1. The molecule has 0 spiro atoms. The van der Waals surface area contributed by atoms with Gasteiger partial charge in [0.25, 0.3) is 0 Å². The zero-order chi connectivity index (χ0) is 9.14. The van der Waals surface area contributed by atoms with E-state index in [1.54, 1.807) is 0 Å². The molecular weight excluding hydrogens is 226 g/mol. The molecule has 0 bridgehead atoms. The van der Waals surface area contributed by atoms with E-state index in [0.717, 1.165) is 0 Å². The minimum Gasteiger partial charge on any atom is -0.480 e. The van der Waals surface area contributed by atoms with E-state index in [-0.39, 0.29) is 11.4 Å². The largest absolute Gasteiger partial charge is 0.480 e. The van der Waals surface area contributed by atoms with Gasteiger partial charge < -0.3 is 10.5 Å². The lowest BCUT2D eigenvalue weighted by Gasteiger charge is -2.04. The van der Waals surface area contributed by atoms with Crippen LogP contribution in [0.2, 0.25) is 0 Å². The number of nitrogens with two attached hydrogens (primary N) is 1. The Morgan fingerprint density at radius 2 is 2.42 bits per heavy atom. The molecule has 0 aliphatic carbocycles. The number of methoxy groups -OCH3 is 1. The van der Waals surface area contributed by atoms with Crippen molar-refractivity contribution in [3.8, 4) is 5.88 Å². The van der Waals surface area contributed by atoms with Crippen molar-refractivity contribution in [2.75, 3.05) is 12.8 Å². The zero-order valence-electron chi connectivity index (χ0n) is 6.24. The first-order valence-electron chi connectivity index (χ1n) is 3.02. The van der Waals surface area contributed by atoms with Gasteiger partial charge in [0, 0.05) is 0 Å². The summed E-state index contributed by atoms with van der Waals surface area (Å²) < 4.78 is 5.29. The number of hydrogen-bond donors (Lipinski definition) is 1. The highest BCUT2D eigenvalue weighted by Gasteiger charge is 2.10. The van der Waals surface area contributed by atoms with E-state index < -0.39 is 0 Å². The van der Waals surface area contributed by atoms with Gasteiger partial charge in [-0.1, -0.05) is 0 Å². The van der Waals surface area contributed by atoms with Crippen LogP contribution in [0.15, 0.2) is 15.8 Å². The molecule has 0 unspecified atom stereocenters. The van der Waals surface area contributed by atoms with Crippen LogP contribution < -0.4 is 10.5 Å². The van der Waals surface area contributed by atoms with Crippen molar-refractivity contribution < 1.29 is 4.74 Å². The Morgan fingerprint density at radius 3 is 2.92 bits per heavy atom. The molecule has 0 aliphatic rings. The Hall–Kier alpha value is -1.17. The van der Waals surface area contributed by atoms with Crippen LogP contribution in [0.3, 0.4) is 0 Å². The Kier molecular flexibility index (Phi) is 2.59. The fraction of sp³-hybridized carbons (Fsp3) is 0.167. The molecule has 0 saturated heterocycles. The number of ether oxygens (including phenoxy) is 1. The highest BCUT2D eigenvalue weighted by molar-refractivity contribution is 9.10. The summed E-state index contributed by atoms with van der Waals surface area (Å²) >= 11 is 3.12. The van der Waals surface area contributed by atoms with Gasteiger partial charge >= 0.3 is 0 Å². The van der Waals surface area contributed by atoms with Gasteiger partial charge in [0.15, 0.2) is 5.69 Å². The molecule has 0 radical (unpaired) electrons. The number of hydrogen-bond acceptors (Lipinski definition) is 5. The molecule has 2 N–H and O–H groups in total. The van der Waals surface area contributed by atoms with Gasteiger partial charge in [-0.3, -0.25) is 0 Å². The topological polar surface area (TPSA) is 77.6 Å². The van der Waals surface area contributed by atoms with Gasteiger partial charge in [-0.2, -0.15) is 0 Å². The number of pyridine rings is 1. The van der Waals surface area contributed by atoms with Crippen molar-refractivity contribution in [2.24, 2.45) is 5.18 Å². The maximum absolute atomic E-state index is 10.1. The summed E-state index contributed by atoms with van der Waals surface area (Å²) in [6, 6.07) is 0. The number of aromatic nitrogens is 1.